The van der Waals surface area contributed by atoms with E-state index >= 15 is 0 Å². The highest BCUT2D eigenvalue weighted by molar-refractivity contribution is 5.88. The highest BCUT2D eigenvalue weighted by atomic mass is 16.5. The van der Waals surface area contributed by atoms with Crippen molar-refractivity contribution in [3.8, 4) is 11.5 Å². The highest BCUT2D eigenvalue weighted by Gasteiger charge is 2.37. The van der Waals surface area contributed by atoms with Crippen molar-refractivity contribution in [3.63, 3.8) is 0 Å². The summed E-state index contributed by atoms with van der Waals surface area (Å²) >= 11 is 0. The maximum absolute atomic E-state index is 12.0. The van der Waals surface area contributed by atoms with Gasteiger partial charge in [0.2, 0.25) is 0 Å². The SMILES string of the molecule is Cc1ccc(Oc2ccc(C(O)(C(N)=O)c3ccccc3)cc2)cc1. The molecule has 1 unspecified atom stereocenters. The Hall–Kier alpha value is -3.11. The van der Waals surface area contributed by atoms with Crippen molar-refractivity contribution in [3.05, 3.63) is 95.6 Å². The normalized spacial score (nSPS) is 13.0. The molecular formula is C21H19NO3. The topological polar surface area (TPSA) is 72.6 Å². The van der Waals surface area contributed by atoms with E-state index in [-0.39, 0.29) is 0 Å². The monoisotopic (exact) mass is 333 g/mol. The van der Waals surface area contributed by atoms with Crippen molar-refractivity contribution in [1.82, 2.24) is 0 Å². The predicted molar refractivity (Wildman–Crippen MR) is 96.3 cm³/mol. The Morgan fingerprint density at radius 1 is 0.840 bits per heavy atom. The van der Waals surface area contributed by atoms with Crippen molar-refractivity contribution >= 4 is 5.91 Å². The molecule has 0 aliphatic heterocycles. The van der Waals surface area contributed by atoms with Gasteiger partial charge in [-0.2, -0.15) is 0 Å². The van der Waals surface area contributed by atoms with Crippen LogP contribution in [-0.4, -0.2) is 11.0 Å². The van der Waals surface area contributed by atoms with Crippen LogP contribution in [0.5, 0.6) is 11.5 Å². The number of aliphatic hydroxyl groups is 1. The first-order valence-electron chi connectivity index (χ1n) is 7.93. The maximum Gasteiger partial charge on any atom is 0.258 e. The fraction of sp³-hybridized carbons (Fsp3) is 0.0952. The minimum atomic E-state index is -1.89. The summed E-state index contributed by atoms with van der Waals surface area (Å²) in [4.78, 5) is 12.0. The largest absolute Gasteiger partial charge is 0.457 e. The van der Waals surface area contributed by atoms with E-state index in [1.165, 1.54) is 0 Å². The molecule has 4 nitrogen and oxygen atoms in total. The molecule has 0 radical (unpaired) electrons. The van der Waals surface area contributed by atoms with E-state index in [9.17, 15) is 9.90 Å². The molecule has 0 heterocycles. The van der Waals surface area contributed by atoms with Crippen molar-refractivity contribution in [2.45, 2.75) is 12.5 Å². The molecule has 4 heteroatoms. The number of rotatable bonds is 5. The van der Waals surface area contributed by atoms with Gasteiger partial charge in [0.1, 0.15) is 11.5 Å². The van der Waals surface area contributed by atoms with Gasteiger partial charge in [-0.1, -0.05) is 60.2 Å². The summed E-state index contributed by atoms with van der Waals surface area (Å²) in [5.41, 5.74) is 5.57. The average molecular weight is 333 g/mol. The van der Waals surface area contributed by atoms with Gasteiger partial charge in [0.25, 0.3) is 5.91 Å². The fourth-order valence-corrected chi connectivity index (χ4v) is 2.64. The van der Waals surface area contributed by atoms with Gasteiger partial charge in [-0.25, -0.2) is 0 Å². The quantitative estimate of drug-likeness (QED) is 0.750. The Labute approximate surface area is 146 Å². The predicted octanol–water partition coefficient (Wildman–Crippen LogP) is 3.51. The second kappa shape index (κ2) is 6.79. The van der Waals surface area contributed by atoms with Crippen LogP contribution >= 0.6 is 0 Å². The molecule has 0 bridgehead atoms. The van der Waals surface area contributed by atoms with Crippen LogP contribution in [0, 0.1) is 6.92 Å². The molecule has 0 aliphatic carbocycles. The number of carbonyl (C=O) groups excluding carboxylic acids is 1. The van der Waals surface area contributed by atoms with E-state index in [2.05, 4.69) is 0 Å². The number of amides is 1. The number of hydrogen-bond acceptors (Lipinski definition) is 3. The summed E-state index contributed by atoms with van der Waals surface area (Å²) in [5, 5.41) is 10.9. The van der Waals surface area contributed by atoms with Crippen LogP contribution in [0.25, 0.3) is 0 Å². The molecule has 126 valence electrons. The van der Waals surface area contributed by atoms with E-state index in [4.69, 9.17) is 10.5 Å². The van der Waals surface area contributed by atoms with Gasteiger partial charge in [0, 0.05) is 0 Å². The summed E-state index contributed by atoms with van der Waals surface area (Å²) in [5.74, 6) is 0.491. The molecule has 1 atom stereocenters. The van der Waals surface area contributed by atoms with Crippen molar-refractivity contribution in [2.24, 2.45) is 5.73 Å². The van der Waals surface area contributed by atoms with E-state index in [1.807, 2.05) is 37.3 Å². The Balaban J connectivity index is 1.89. The molecule has 0 spiro atoms. The summed E-state index contributed by atoms with van der Waals surface area (Å²) in [6, 6.07) is 23.0. The molecule has 0 fully saturated rings. The number of ether oxygens (including phenoxy) is 1. The lowest BCUT2D eigenvalue weighted by Crippen LogP contribution is -2.42. The summed E-state index contributed by atoms with van der Waals surface area (Å²) in [6.45, 7) is 2.01. The number of aryl methyl sites for hydroxylation is 1. The Morgan fingerprint density at radius 2 is 1.32 bits per heavy atom. The van der Waals surface area contributed by atoms with Gasteiger partial charge in [-0.3, -0.25) is 4.79 Å². The lowest BCUT2D eigenvalue weighted by atomic mass is 9.86. The number of hydrogen-bond donors (Lipinski definition) is 2. The van der Waals surface area contributed by atoms with Crippen molar-refractivity contribution in [1.29, 1.82) is 0 Å². The second-order valence-corrected chi connectivity index (χ2v) is 5.88. The van der Waals surface area contributed by atoms with Crippen LogP contribution in [0.2, 0.25) is 0 Å². The van der Waals surface area contributed by atoms with Gasteiger partial charge >= 0.3 is 0 Å². The van der Waals surface area contributed by atoms with E-state index in [0.717, 1.165) is 5.56 Å². The van der Waals surface area contributed by atoms with E-state index < -0.39 is 11.5 Å². The van der Waals surface area contributed by atoms with Gasteiger partial charge in [0.15, 0.2) is 5.60 Å². The van der Waals surface area contributed by atoms with Gasteiger partial charge in [-0.05, 0) is 42.3 Å². The first-order valence-corrected chi connectivity index (χ1v) is 7.93. The Bertz CT molecular complexity index is 858. The zero-order valence-corrected chi connectivity index (χ0v) is 13.8. The lowest BCUT2D eigenvalue weighted by molar-refractivity contribution is -0.133. The smallest absolute Gasteiger partial charge is 0.258 e. The van der Waals surface area contributed by atoms with Gasteiger partial charge in [-0.15, -0.1) is 0 Å². The van der Waals surface area contributed by atoms with Gasteiger partial charge in [0.05, 0.1) is 0 Å². The molecule has 3 rings (SSSR count). The van der Waals surface area contributed by atoms with E-state index in [1.54, 1.807) is 48.5 Å². The third-order valence-corrected chi connectivity index (χ3v) is 4.08. The number of nitrogens with two attached hydrogens (primary N) is 1. The number of primary amides is 1. The van der Waals surface area contributed by atoms with Crippen LogP contribution < -0.4 is 10.5 Å². The lowest BCUT2D eigenvalue weighted by Gasteiger charge is -2.25. The average Bonchev–Trinajstić information content (AvgIpc) is 2.64. The van der Waals surface area contributed by atoms with Crippen LogP contribution in [0.3, 0.4) is 0 Å². The number of benzene rings is 3. The molecule has 3 aromatic carbocycles. The van der Waals surface area contributed by atoms with Gasteiger partial charge < -0.3 is 15.6 Å². The van der Waals surface area contributed by atoms with E-state index in [0.29, 0.717) is 22.6 Å². The molecule has 25 heavy (non-hydrogen) atoms. The standard InChI is InChI=1S/C21H19NO3/c1-15-7-11-18(12-8-15)25-19-13-9-17(10-14-19)21(24,20(22)23)16-5-3-2-4-6-16/h2-14,24H,1H3,(H2,22,23). The molecule has 0 aromatic heterocycles. The minimum absolute atomic E-state index is 0.391. The minimum Gasteiger partial charge on any atom is -0.457 e. The molecule has 1 amide bonds. The number of carbonyl (C=O) groups is 1. The maximum atomic E-state index is 12.0. The Morgan fingerprint density at radius 3 is 1.84 bits per heavy atom. The molecule has 3 N–H and O–H groups in total. The summed E-state index contributed by atoms with van der Waals surface area (Å²) in [7, 11) is 0. The van der Waals surface area contributed by atoms with Crippen molar-refractivity contribution in [2.75, 3.05) is 0 Å². The first-order chi connectivity index (χ1) is 12.0. The first kappa shape index (κ1) is 16.7. The molecule has 0 aliphatic rings. The van der Waals surface area contributed by atoms with Crippen LogP contribution in [-0.2, 0) is 10.4 Å². The zero-order chi connectivity index (χ0) is 17.9. The third-order valence-electron chi connectivity index (χ3n) is 4.08. The highest BCUT2D eigenvalue weighted by Crippen LogP contribution is 2.31. The zero-order valence-electron chi connectivity index (χ0n) is 13.8. The van der Waals surface area contributed by atoms with Crippen LogP contribution in [0.1, 0.15) is 16.7 Å². The third kappa shape index (κ3) is 3.39. The van der Waals surface area contributed by atoms with Crippen LogP contribution in [0.15, 0.2) is 78.9 Å². The van der Waals surface area contributed by atoms with Crippen molar-refractivity contribution < 1.29 is 14.6 Å². The fourth-order valence-electron chi connectivity index (χ4n) is 2.64. The summed E-state index contributed by atoms with van der Waals surface area (Å²) in [6.07, 6.45) is 0. The molecule has 0 saturated carbocycles. The molecule has 3 aromatic rings. The summed E-state index contributed by atoms with van der Waals surface area (Å²) < 4.78 is 5.77. The molecular weight excluding hydrogens is 314 g/mol. The second-order valence-electron chi connectivity index (χ2n) is 5.88. The molecule has 0 saturated heterocycles. The Kier molecular flexibility index (Phi) is 4.55. The van der Waals surface area contributed by atoms with Crippen LogP contribution in [0.4, 0.5) is 0 Å².